The highest BCUT2D eigenvalue weighted by molar-refractivity contribution is 6.03. The van der Waals surface area contributed by atoms with Crippen LogP contribution in [0.2, 0.25) is 0 Å². The molecule has 0 aliphatic heterocycles. The lowest BCUT2D eigenvalue weighted by Crippen LogP contribution is -1.94. The summed E-state index contributed by atoms with van der Waals surface area (Å²) in [4.78, 5) is 23.0. The van der Waals surface area contributed by atoms with E-state index in [1.807, 2.05) is 13.8 Å². The summed E-state index contributed by atoms with van der Waals surface area (Å²) in [6.07, 6.45) is 1.62. The lowest BCUT2D eigenvalue weighted by Gasteiger charge is -1.97. The van der Waals surface area contributed by atoms with Crippen molar-refractivity contribution in [3.63, 3.8) is 0 Å². The van der Waals surface area contributed by atoms with Gasteiger partial charge in [-0.15, -0.1) is 0 Å². The molecule has 0 saturated carbocycles. The molecule has 0 amide bonds. The van der Waals surface area contributed by atoms with Crippen molar-refractivity contribution < 1.29 is 4.79 Å². The summed E-state index contributed by atoms with van der Waals surface area (Å²) in [5.41, 5.74) is 2.01. The van der Waals surface area contributed by atoms with E-state index in [1.165, 1.54) is 0 Å². The SMILES string of the molecule is CC(=O)c1ccnc2nc(C(C)C)[nH]c12. The highest BCUT2D eigenvalue weighted by atomic mass is 16.1. The fraction of sp³-hybridized carbons (Fsp3) is 0.364. The predicted molar refractivity (Wildman–Crippen MR) is 58.0 cm³/mol. The first-order valence-electron chi connectivity index (χ1n) is 4.95. The molecular weight excluding hydrogens is 190 g/mol. The molecule has 2 heterocycles. The molecule has 0 fully saturated rings. The number of nitrogens with one attached hydrogen (secondary N) is 1. The van der Waals surface area contributed by atoms with Gasteiger partial charge in [0.15, 0.2) is 11.4 Å². The van der Waals surface area contributed by atoms with Crippen molar-refractivity contribution >= 4 is 16.9 Å². The average molecular weight is 203 g/mol. The molecule has 78 valence electrons. The highest BCUT2D eigenvalue weighted by Gasteiger charge is 2.12. The van der Waals surface area contributed by atoms with Crippen LogP contribution < -0.4 is 0 Å². The number of carbonyl (C=O) groups is 1. The first kappa shape index (κ1) is 9.83. The van der Waals surface area contributed by atoms with Gasteiger partial charge in [0, 0.05) is 17.7 Å². The third-order valence-electron chi connectivity index (χ3n) is 2.34. The molecule has 0 spiro atoms. The number of nitrogens with zero attached hydrogens (tertiary/aromatic N) is 2. The van der Waals surface area contributed by atoms with Crippen LogP contribution in [0.5, 0.6) is 0 Å². The van der Waals surface area contributed by atoms with Crippen LogP contribution >= 0.6 is 0 Å². The third-order valence-corrected chi connectivity index (χ3v) is 2.34. The Bertz CT molecular complexity index is 514. The second-order valence-electron chi connectivity index (χ2n) is 3.89. The molecule has 4 heteroatoms. The molecule has 0 saturated heterocycles. The largest absolute Gasteiger partial charge is 0.340 e. The number of fused-ring (bicyclic) bond motifs is 1. The van der Waals surface area contributed by atoms with E-state index in [0.717, 1.165) is 11.3 Å². The van der Waals surface area contributed by atoms with Gasteiger partial charge in [-0.25, -0.2) is 9.97 Å². The number of hydrogen-bond donors (Lipinski definition) is 1. The van der Waals surface area contributed by atoms with Crippen LogP contribution in [0, 0.1) is 0 Å². The third kappa shape index (κ3) is 1.63. The molecule has 2 rings (SSSR count). The summed E-state index contributed by atoms with van der Waals surface area (Å²) in [6.45, 7) is 5.64. The number of H-pyrrole nitrogens is 1. The van der Waals surface area contributed by atoms with Gasteiger partial charge in [0.25, 0.3) is 0 Å². The van der Waals surface area contributed by atoms with Gasteiger partial charge in [0.2, 0.25) is 0 Å². The van der Waals surface area contributed by atoms with Crippen LogP contribution in [-0.2, 0) is 0 Å². The topological polar surface area (TPSA) is 58.6 Å². The van der Waals surface area contributed by atoms with Gasteiger partial charge in [-0.05, 0) is 13.0 Å². The van der Waals surface area contributed by atoms with E-state index in [-0.39, 0.29) is 5.78 Å². The van der Waals surface area contributed by atoms with E-state index >= 15 is 0 Å². The fourth-order valence-electron chi connectivity index (χ4n) is 1.50. The lowest BCUT2D eigenvalue weighted by atomic mass is 10.2. The first-order chi connectivity index (χ1) is 7.09. The maximum atomic E-state index is 11.4. The second-order valence-corrected chi connectivity index (χ2v) is 3.89. The Morgan fingerprint density at radius 2 is 2.20 bits per heavy atom. The first-order valence-corrected chi connectivity index (χ1v) is 4.95. The van der Waals surface area contributed by atoms with E-state index in [0.29, 0.717) is 17.1 Å². The molecule has 0 radical (unpaired) electrons. The Kier molecular flexibility index (Phi) is 2.26. The van der Waals surface area contributed by atoms with Crippen molar-refractivity contribution in [2.45, 2.75) is 26.7 Å². The van der Waals surface area contributed by atoms with Crippen LogP contribution in [-0.4, -0.2) is 20.7 Å². The zero-order valence-corrected chi connectivity index (χ0v) is 9.03. The lowest BCUT2D eigenvalue weighted by molar-refractivity contribution is 0.101. The minimum absolute atomic E-state index is 0.0290. The van der Waals surface area contributed by atoms with Crippen molar-refractivity contribution in [2.24, 2.45) is 0 Å². The molecule has 0 bridgehead atoms. The van der Waals surface area contributed by atoms with Crippen LogP contribution in [0.15, 0.2) is 12.3 Å². The number of pyridine rings is 1. The number of carbonyl (C=O) groups excluding carboxylic acids is 1. The Morgan fingerprint density at radius 1 is 1.47 bits per heavy atom. The van der Waals surface area contributed by atoms with Crippen LogP contribution in [0.3, 0.4) is 0 Å². The molecule has 0 aliphatic carbocycles. The van der Waals surface area contributed by atoms with E-state index in [2.05, 4.69) is 15.0 Å². The number of Topliss-reactive ketones (excluding diaryl/α,β-unsaturated/α-hetero) is 1. The fourth-order valence-corrected chi connectivity index (χ4v) is 1.50. The standard InChI is InChI=1S/C11H13N3O/c1-6(2)10-13-9-8(7(3)15)4-5-12-11(9)14-10/h4-6H,1-3H3,(H,12,13,14). The maximum absolute atomic E-state index is 11.4. The molecular formula is C11H13N3O. The predicted octanol–water partition coefficient (Wildman–Crippen LogP) is 2.28. The van der Waals surface area contributed by atoms with Crippen LogP contribution in [0.25, 0.3) is 11.2 Å². The van der Waals surface area contributed by atoms with Gasteiger partial charge in [0.05, 0.1) is 5.52 Å². The van der Waals surface area contributed by atoms with Gasteiger partial charge >= 0.3 is 0 Å². The van der Waals surface area contributed by atoms with Gasteiger partial charge < -0.3 is 4.98 Å². The summed E-state index contributed by atoms with van der Waals surface area (Å²) in [5.74, 6) is 1.20. The number of imidazole rings is 1. The van der Waals surface area contributed by atoms with Gasteiger partial charge in [-0.3, -0.25) is 4.79 Å². The molecule has 0 aliphatic rings. The zero-order chi connectivity index (χ0) is 11.0. The summed E-state index contributed by atoms with van der Waals surface area (Å²) in [6, 6.07) is 1.72. The van der Waals surface area contributed by atoms with Gasteiger partial charge in [-0.1, -0.05) is 13.8 Å². The molecule has 2 aromatic rings. The quantitative estimate of drug-likeness (QED) is 0.762. The van der Waals surface area contributed by atoms with Crippen LogP contribution in [0.4, 0.5) is 0 Å². The Morgan fingerprint density at radius 3 is 2.80 bits per heavy atom. The van der Waals surface area contributed by atoms with Crippen molar-refractivity contribution in [1.82, 2.24) is 15.0 Å². The zero-order valence-electron chi connectivity index (χ0n) is 9.03. The minimum Gasteiger partial charge on any atom is -0.340 e. The van der Waals surface area contributed by atoms with Gasteiger partial charge in [0.1, 0.15) is 5.82 Å². The number of aromatic nitrogens is 3. The Labute approximate surface area is 87.7 Å². The normalized spacial score (nSPS) is 11.2. The Balaban J connectivity index is 2.70. The molecule has 0 aromatic carbocycles. The summed E-state index contributed by atoms with van der Waals surface area (Å²) in [5, 5.41) is 0. The monoisotopic (exact) mass is 203 g/mol. The van der Waals surface area contributed by atoms with Gasteiger partial charge in [-0.2, -0.15) is 0 Å². The molecule has 0 unspecified atom stereocenters. The average Bonchev–Trinajstić information content (AvgIpc) is 2.60. The summed E-state index contributed by atoms with van der Waals surface area (Å²) >= 11 is 0. The molecule has 2 aromatic heterocycles. The van der Waals surface area contributed by atoms with E-state index in [9.17, 15) is 4.79 Å². The molecule has 15 heavy (non-hydrogen) atoms. The molecule has 4 nitrogen and oxygen atoms in total. The minimum atomic E-state index is 0.0290. The summed E-state index contributed by atoms with van der Waals surface area (Å²) in [7, 11) is 0. The number of hydrogen-bond acceptors (Lipinski definition) is 3. The Hall–Kier alpha value is -1.71. The van der Waals surface area contributed by atoms with Crippen molar-refractivity contribution in [3.05, 3.63) is 23.7 Å². The number of rotatable bonds is 2. The van der Waals surface area contributed by atoms with E-state index in [1.54, 1.807) is 19.2 Å². The van der Waals surface area contributed by atoms with Crippen molar-refractivity contribution in [3.8, 4) is 0 Å². The smallest absolute Gasteiger partial charge is 0.178 e. The number of aromatic amines is 1. The summed E-state index contributed by atoms with van der Waals surface area (Å²) < 4.78 is 0. The molecule has 1 N–H and O–H groups in total. The van der Waals surface area contributed by atoms with Crippen molar-refractivity contribution in [2.75, 3.05) is 0 Å². The van der Waals surface area contributed by atoms with Crippen molar-refractivity contribution in [1.29, 1.82) is 0 Å². The number of ketones is 1. The van der Waals surface area contributed by atoms with Crippen LogP contribution in [0.1, 0.15) is 42.9 Å². The van der Waals surface area contributed by atoms with E-state index < -0.39 is 0 Å². The van der Waals surface area contributed by atoms with E-state index in [4.69, 9.17) is 0 Å². The second kappa shape index (κ2) is 3.46. The molecule has 0 atom stereocenters. The maximum Gasteiger partial charge on any atom is 0.178 e. The highest BCUT2D eigenvalue weighted by Crippen LogP contribution is 2.18.